The summed E-state index contributed by atoms with van der Waals surface area (Å²) in [5.74, 6) is 6.96. The van der Waals surface area contributed by atoms with Crippen LogP contribution in [0.25, 0.3) is 10.9 Å². The number of fused-ring (bicyclic) bond motifs is 1. The molecular weight excluding hydrogens is 770 g/mol. The molecule has 4 aromatic rings. The number of nitrogens with zero attached hydrogens (tertiary/aromatic N) is 7. The lowest BCUT2D eigenvalue weighted by Crippen LogP contribution is -2.74. The summed E-state index contributed by atoms with van der Waals surface area (Å²) >= 11 is 6.24. The predicted molar refractivity (Wildman–Crippen MR) is 221 cm³/mol. The molecule has 59 heavy (non-hydrogen) atoms. The van der Waals surface area contributed by atoms with Crippen LogP contribution in [0.1, 0.15) is 81.0 Å². The van der Waals surface area contributed by atoms with E-state index in [9.17, 15) is 24.4 Å². The number of hydrogen-bond donors (Lipinski definition) is 2. The van der Waals surface area contributed by atoms with Crippen LogP contribution >= 0.6 is 11.6 Å². The Labute approximate surface area is 347 Å². The predicted octanol–water partition coefficient (Wildman–Crippen LogP) is 4.50. The number of ether oxygens (including phenoxy) is 1. The molecule has 1 aliphatic carbocycles. The molecule has 1 saturated carbocycles. The maximum atomic E-state index is 13.4. The van der Waals surface area contributed by atoms with E-state index in [4.69, 9.17) is 16.3 Å². The number of nitriles is 1. The fourth-order valence-electron chi connectivity index (χ4n) is 9.47. The third kappa shape index (κ3) is 7.87. The van der Waals surface area contributed by atoms with Crippen molar-refractivity contribution in [3.63, 3.8) is 0 Å². The van der Waals surface area contributed by atoms with Crippen molar-refractivity contribution in [3.8, 4) is 23.7 Å². The van der Waals surface area contributed by atoms with Crippen molar-refractivity contribution < 1.29 is 19.1 Å². The summed E-state index contributed by atoms with van der Waals surface area (Å²) in [5, 5.41) is 23.7. The number of benzene rings is 2. The lowest BCUT2D eigenvalue weighted by atomic mass is 9.49. The average molecular weight is 816 g/mol. The molecule has 3 saturated heterocycles. The fraction of sp³-hybridized carbons (Fsp3) is 0.455. The van der Waals surface area contributed by atoms with Crippen LogP contribution in [-0.4, -0.2) is 87.5 Å². The van der Waals surface area contributed by atoms with Gasteiger partial charge >= 0.3 is 0 Å². The largest absolute Gasteiger partial charge is 0.489 e. The van der Waals surface area contributed by atoms with Crippen molar-refractivity contribution in [1.82, 2.24) is 35.5 Å². The fourth-order valence-corrected chi connectivity index (χ4v) is 9.68. The Morgan fingerprint density at radius 2 is 1.78 bits per heavy atom. The Balaban J connectivity index is 0.781. The summed E-state index contributed by atoms with van der Waals surface area (Å²) in [4.78, 5) is 59.6. The van der Waals surface area contributed by atoms with E-state index in [0.29, 0.717) is 44.4 Å². The van der Waals surface area contributed by atoms with Crippen LogP contribution in [0.2, 0.25) is 5.02 Å². The van der Waals surface area contributed by atoms with Gasteiger partial charge in [-0.25, -0.2) is 4.98 Å². The highest BCUT2D eigenvalue weighted by molar-refractivity contribution is 6.31. The molecule has 3 amide bonds. The molecule has 4 fully saturated rings. The SMILES string of the molecule is CC1(C)[C@H](NC(=O)c2ccc(C#CC3CCN(CC4CN(c5ccc6c(=O)n(C7CCC(=O)NC7=O)nnc6c5)C4)CC3)nc2)C(C)(C)[C@H]1Oc1ccc(C#N)c(Cl)c1. The molecule has 15 heteroatoms. The number of aromatic nitrogens is 4. The smallest absolute Gasteiger partial charge is 0.278 e. The first-order valence-corrected chi connectivity index (χ1v) is 20.4. The first kappa shape index (κ1) is 40.0. The van der Waals surface area contributed by atoms with Gasteiger partial charge in [-0.05, 0) is 80.7 Å². The van der Waals surface area contributed by atoms with Crippen LogP contribution in [0, 0.1) is 45.8 Å². The number of rotatable bonds is 8. The molecule has 8 rings (SSSR count). The molecule has 0 bridgehead atoms. The summed E-state index contributed by atoms with van der Waals surface area (Å²) in [5.41, 5.74) is 1.81. The molecule has 2 aromatic heterocycles. The Hall–Kier alpha value is -5.83. The number of nitrogens with one attached hydrogen (secondary N) is 2. The zero-order chi connectivity index (χ0) is 41.6. The van der Waals surface area contributed by atoms with Crippen molar-refractivity contribution in [2.24, 2.45) is 22.7 Å². The Kier molecular flexibility index (Phi) is 10.7. The van der Waals surface area contributed by atoms with E-state index >= 15 is 0 Å². The first-order valence-electron chi connectivity index (χ1n) is 20.1. The average Bonchev–Trinajstić information content (AvgIpc) is 3.20. The molecule has 1 atom stereocenters. The number of imide groups is 1. The molecule has 14 nitrogen and oxygen atoms in total. The second kappa shape index (κ2) is 15.7. The van der Waals surface area contributed by atoms with Gasteiger partial charge in [0.2, 0.25) is 5.91 Å². The van der Waals surface area contributed by atoms with Crippen LogP contribution in [0.5, 0.6) is 5.75 Å². The molecular formula is C44H46ClN9O5. The van der Waals surface area contributed by atoms with Crippen LogP contribution < -0.4 is 25.8 Å². The van der Waals surface area contributed by atoms with Crippen molar-refractivity contribution in [1.29, 1.82) is 5.26 Å². The van der Waals surface area contributed by atoms with E-state index in [1.165, 1.54) is 0 Å². The van der Waals surface area contributed by atoms with Crippen molar-refractivity contribution >= 4 is 45.9 Å². The molecule has 304 valence electrons. The molecule has 1 unspecified atom stereocenters. The number of hydrogen-bond acceptors (Lipinski definition) is 11. The van der Waals surface area contributed by atoms with Gasteiger partial charge in [-0.15, -0.1) is 5.10 Å². The number of carbonyl (C=O) groups is 3. The zero-order valence-electron chi connectivity index (χ0n) is 33.5. The molecule has 4 aliphatic rings. The summed E-state index contributed by atoms with van der Waals surface area (Å²) < 4.78 is 7.43. The highest BCUT2D eigenvalue weighted by Gasteiger charge is 2.64. The van der Waals surface area contributed by atoms with Gasteiger partial charge in [0.1, 0.15) is 35.2 Å². The number of anilines is 1. The monoisotopic (exact) mass is 815 g/mol. The summed E-state index contributed by atoms with van der Waals surface area (Å²) in [6, 6.07) is 15.2. The number of carbonyl (C=O) groups excluding carboxylic acids is 3. The van der Waals surface area contributed by atoms with Crippen molar-refractivity contribution in [2.45, 2.75) is 71.6 Å². The minimum atomic E-state index is -0.845. The van der Waals surface area contributed by atoms with Gasteiger partial charge in [0.05, 0.1) is 21.5 Å². The van der Waals surface area contributed by atoms with E-state index in [1.54, 1.807) is 42.6 Å². The van der Waals surface area contributed by atoms with Gasteiger partial charge in [0.25, 0.3) is 17.4 Å². The van der Waals surface area contributed by atoms with Gasteiger partial charge in [-0.2, -0.15) is 9.94 Å². The van der Waals surface area contributed by atoms with Crippen molar-refractivity contribution in [2.75, 3.05) is 37.6 Å². The zero-order valence-corrected chi connectivity index (χ0v) is 34.3. The van der Waals surface area contributed by atoms with Crippen molar-refractivity contribution in [3.05, 3.63) is 86.9 Å². The standard InChI is InChI=1S/C44H46ClN9O5/c1-43(2)41(44(3,4)42(43)59-32-11-7-28(21-46)34(45)20-32)49-38(56)29-6-9-30(47-22-29)8-5-26-15-17-52(18-16-26)23-27-24-53(25-27)31-10-12-33-35(19-31)50-51-54(40(33)58)36-13-14-37(55)48-39(36)57/h6-7,9-12,19-20,22,26-27,36,41-42H,13-18,23-25H2,1-4H3,(H,49,56)(H,48,55,57)/t36?,41-,42-. The molecule has 0 spiro atoms. The van der Waals surface area contributed by atoms with Crippen LogP contribution in [-0.2, 0) is 9.59 Å². The van der Waals surface area contributed by atoms with E-state index in [1.807, 2.05) is 12.1 Å². The van der Waals surface area contributed by atoms with Crippen LogP contribution in [0.3, 0.4) is 0 Å². The second-order valence-corrected chi connectivity index (χ2v) is 17.8. The molecule has 5 heterocycles. The highest BCUT2D eigenvalue weighted by Crippen LogP contribution is 2.55. The number of likely N-dealkylation sites (tertiary alicyclic amines) is 1. The van der Waals surface area contributed by atoms with Gasteiger partial charge < -0.3 is 19.9 Å². The van der Waals surface area contributed by atoms with Crippen LogP contribution in [0.15, 0.2) is 59.5 Å². The topological polar surface area (TPSA) is 175 Å². The first-order chi connectivity index (χ1) is 28.2. The van der Waals surface area contributed by atoms with Gasteiger partial charge in [0.15, 0.2) is 0 Å². The summed E-state index contributed by atoms with van der Waals surface area (Å²) in [6.45, 7) is 13.1. The third-order valence-electron chi connectivity index (χ3n) is 12.5. The lowest BCUT2D eigenvalue weighted by Gasteiger charge is -2.63. The maximum Gasteiger partial charge on any atom is 0.278 e. The number of halogens is 1. The van der Waals surface area contributed by atoms with E-state index in [0.717, 1.165) is 55.9 Å². The van der Waals surface area contributed by atoms with E-state index in [-0.39, 0.29) is 53.5 Å². The second-order valence-electron chi connectivity index (χ2n) is 17.4. The van der Waals surface area contributed by atoms with Crippen LogP contribution in [0.4, 0.5) is 5.69 Å². The minimum Gasteiger partial charge on any atom is -0.489 e. The number of pyridine rings is 1. The third-order valence-corrected chi connectivity index (χ3v) is 12.8. The highest BCUT2D eigenvalue weighted by atomic mass is 35.5. The van der Waals surface area contributed by atoms with Gasteiger partial charge in [-0.1, -0.05) is 50.4 Å². The molecule has 2 N–H and O–H groups in total. The molecule has 3 aliphatic heterocycles. The molecule has 0 radical (unpaired) electrons. The van der Waals surface area contributed by atoms with E-state index < -0.39 is 17.5 Å². The number of piperidine rings is 2. The van der Waals surface area contributed by atoms with Gasteiger partial charge in [-0.3, -0.25) is 24.5 Å². The molecule has 2 aromatic carbocycles. The normalized spacial score (nSPS) is 22.9. The quantitative estimate of drug-likeness (QED) is 0.189. The van der Waals surface area contributed by atoms with Gasteiger partial charge in [0, 0.05) is 72.7 Å². The number of amides is 3. The maximum absolute atomic E-state index is 13.4. The summed E-state index contributed by atoms with van der Waals surface area (Å²) in [7, 11) is 0. The minimum absolute atomic E-state index is 0.153. The lowest BCUT2D eigenvalue weighted by molar-refractivity contribution is -0.164. The van der Waals surface area contributed by atoms with E-state index in [2.05, 4.69) is 81.3 Å². The summed E-state index contributed by atoms with van der Waals surface area (Å²) in [6.07, 6.45) is 3.73. The Morgan fingerprint density at radius 3 is 2.46 bits per heavy atom. The Morgan fingerprint density at radius 1 is 1.02 bits per heavy atom. The Bertz CT molecular complexity index is 2470.